The number of amides is 2. The van der Waals surface area contributed by atoms with Crippen LogP contribution in [0.3, 0.4) is 0 Å². The van der Waals surface area contributed by atoms with Crippen molar-refractivity contribution in [3.63, 3.8) is 0 Å². The van der Waals surface area contributed by atoms with Gasteiger partial charge in [0.1, 0.15) is 5.76 Å². The maximum atomic E-state index is 11.9. The van der Waals surface area contributed by atoms with Crippen molar-refractivity contribution in [2.24, 2.45) is 5.73 Å². The number of nitrogens with zero attached hydrogens (tertiary/aromatic N) is 1. The van der Waals surface area contributed by atoms with E-state index in [1.54, 1.807) is 24.3 Å². The number of hydrogen-bond donors (Lipinski definition) is 2. The summed E-state index contributed by atoms with van der Waals surface area (Å²) in [5.41, 5.74) is 7.29. The Hall–Kier alpha value is -2.27. The fourth-order valence-corrected chi connectivity index (χ4v) is 1.65. The van der Waals surface area contributed by atoms with Gasteiger partial charge in [-0.05, 0) is 29.8 Å². The largest absolute Gasteiger partial charge is 0.467 e. The summed E-state index contributed by atoms with van der Waals surface area (Å²) in [4.78, 5) is 13.5. The van der Waals surface area contributed by atoms with Gasteiger partial charge in [0, 0.05) is 19.3 Å². The van der Waals surface area contributed by atoms with Gasteiger partial charge in [0.15, 0.2) is 0 Å². The summed E-state index contributed by atoms with van der Waals surface area (Å²) in [5.74, 6) is 0.746. The Bertz CT molecular complexity index is 520. The average Bonchev–Trinajstić information content (AvgIpc) is 2.92. The zero-order valence-corrected chi connectivity index (χ0v) is 10.8. The highest BCUT2D eigenvalue weighted by atomic mass is 16.3. The number of furan rings is 1. The average molecular weight is 259 g/mol. The summed E-state index contributed by atoms with van der Waals surface area (Å²) in [5, 5.41) is 2.81. The molecular weight excluding hydrogens is 242 g/mol. The molecule has 0 fully saturated rings. The second kappa shape index (κ2) is 6.06. The number of anilines is 1. The molecule has 0 saturated heterocycles. The third kappa shape index (κ3) is 3.59. The Labute approximate surface area is 112 Å². The molecule has 0 aliphatic carbocycles. The molecule has 0 radical (unpaired) electrons. The minimum absolute atomic E-state index is 0.183. The summed E-state index contributed by atoms with van der Waals surface area (Å²) in [6.07, 6.45) is 1.59. The molecule has 5 nitrogen and oxygen atoms in total. The van der Waals surface area contributed by atoms with E-state index >= 15 is 0 Å². The molecule has 1 aromatic carbocycles. The fraction of sp³-hybridized carbons (Fsp3) is 0.214. The van der Waals surface area contributed by atoms with Crippen LogP contribution in [0, 0.1) is 0 Å². The van der Waals surface area contributed by atoms with Crippen LogP contribution in [0.5, 0.6) is 0 Å². The predicted molar refractivity (Wildman–Crippen MR) is 73.5 cm³/mol. The number of benzene rings is 1. The Balaban J connectivity index is 1.92. The number of nitrogens with two attached hydrogens (primary N) is 1. The van der Waals surface area contributed by atoms with E-state index in [1.807, 2.05) is 30.3 Å². The molecule has 2 rings (SSSR count). The first-order valence-corrected chi connectivity index (χ1v) is 6.02. The first-order valence-electron chi connectivity index (χ1n) is 6.02. The molecule has 1 aromatic heterocycles. The number of carbonyl (C=O) groups excluding carboxylic acids is 1. The van der Waals surface area contributed by atoms with Gasteiger partial charge in [-0.3, -0.25) is 0 Å². The van der Waals surface area contributed by atoms with Gasteiger partial charge in [-0.1, -0.05) is 12.1 Å². The molecule has 0 saturated carbocycles. The molecule has 0 spiro atoms. The summed E-state index contributed by atoms with van der Waals surface area (Å²) >= 11 is 0. The maximum Gasteiger partial charge on any atom is 0.321 e. The Morgan fingerprint density at radius 1 is 1.32 bits per heavy atom. The first-order chi connectivity index (χ1) is 9.19. The van der Waals surface area contributed by atoms with Gasteiger partial charge in [0.2, 0.25) is 0 Å². The molecule has 0 bridgehead atoms. The Morgan fingerprint density at radius 3 is 2.63 bits per heavy atom. The van der Waals surface area contributed by atoms with E-state index in [9.17, 15) is 4.79 Å². The predicted octanol–water partition coefficient (Wildman–Crippen LogP) is 2.40. The van der Waals surface area contributed by atoms with Crippen LogP contribution >= 0.6 is 0 Å². The normalized spacial score (nSPS) is 10.2. The number of carbonyl (C=O) groups is 1. The van der Waals surface area contributed by atoms with E-state index in [0.29, 0.717) is 13.1 Å². The third-order valence-electron chi connectivity index (χ3n) is 2.76. The van der Waals surface area contributed by atoms with Crippen LogP contribution < -0.4 is 11.1 Å². The van der Waals surface area contributed by atoms with Crippen LogP contribution in [0.4, 0.5) is 10.5 Å². The minimum Gasteiger partial charge on any atom is -0.467 e. The van der Waals surface area contributed by atoms with Crippen molar-refractivity contribution in [2.75, 3.05) is 12.4 Å². The molecule has 3 N–H and O–H groups in total. The lowest BCUT2D eigenvalue weighted by Gasteiger charge is -2.16. The second-order valence-electron chi connectivity index (χ2n) is 4.27. The minimum atomic E-state index is -0.183. The van der Waals surface area contributed by atoms with Gasteiger partial charge in [-0.25, -0.2) is 4.79 Å². The van der Waals surface area contributed by atoms with Crippen molar-refractivity contribution >= 4 is 11.7 Å². The topological polar surface area (TPSA) is 71.5 Å². The third-order valence-corrected chi connectivity index (χ3v) is 2.76. The molecule has 2 aromatic rings. The van der Waals surface area contributed by atoms with E-state index in [4.69, 9.17) is 10.2 Å². The molecule has 2 amide bonds. The first kappa shape index (κ1) is 13.2. The molecule has 5 heteroatoms. The summed E-state index contributed by atoms with van der Waals surface area (Å²) in [6, 6.07) is 10.9. The molecule has 19 heavy (non-hydrogen) atoms. The standard InChI is InChI=1S/C14H17N3O2/c1-17(10-13-3-2-8-19-13)14(18)16-12-6-4-11(9-15)5-7-12/h2-8H,9-10,15H2,1H3,(H,16,18). The molecule has 0 aliphatic rings. The summed E-state index contributed by atoms with van der Waals surface area (Å²) < 4.78 is 5.20. The molecule has 0 aliphatic heterocycles. The molecule has 0 atom stereocenters. The van der Waals surface area contributed by atoms with Crippen molar-refractivity contribution in [2.45, 2.75) is 13.1 Å². The Morgan fingerprint density at radius 2 is 2.05 bits per heavy atom. The lowest BCUT2D eigenvalue weighted by Crippen LogP contribution is -2.30. The van der Waals surface area contributed by atoms with Gasteiger partial charge in [0.25, 0.3) is 0 Å². The second-order valence-corrected chi connectivity index (χ2v) is 4.27. The van der Waals surface area contributed by atoms with Crippen LogP contribution in [0.2, 0.25) is 0 Å². The van der Waals surface area contributed by atoms with E-state index in [-0.39, 0.29) is 6.03 Å². The van der Waals surface area contributed by atoms with Crippen LogP contribution in [0.15, 0.2) is 47.1 Å². The van der Waals surface area contributed by atoms with Gasteiger partial charge < -0.3 is 20.4 Å². The number of urea groups is 1. The zero-order valence-electron chi connectivity index (χ0n) is 10.8. The van der Waals surface area contributed by atoms with Gasteiger partial charge in [-0.15, -0.1) is 0 Å². The van der Waals surface area contributed by atoms with E-state index in [2.05, 4.69) is 5.32 Å². The van der Waals surface area contributed by atoms with Crippen molar-refractivity contribution < 1.29 is 9.21 Å². The molecule has 1 heterocycles. The highest BCUT2D eigenvalue weighted by Crippen LogP contribution is 2.11. The Kier molecular flexibility index (Phi) is 4.20. The molecule has 100 valence electrons. The van der Waals surface area contributed by atoms with Crippen LogP contribution in [-0.4, -0.2) is 18.0 Å². The SMILES string of the molecule is CN(Cc1ccco1)C(=O)Nc1ccc(CN)cc1. The summed E-state index contributed by atoms with van der Waals surface area (Å²) in [6.45, 7) is 0.923. The van der Waals surface area contributed by atoms with E-state index in [0.717, 1.165) is 17.0 Å². The highest BCUT2D eigenvalue weighted by Gasteiger charge is 2.10. The summed E-state index contributed by atoms with van der Waals surface area (Å²) in [7, 11) is 1.71. The maximum absolute atomic E-state index is 11.9. The number of nitrogens with one attached hydrogen (secondary N) is 1. The molecular formula is C14H17N3O2. The monoisotopic (exact) mass is 259 g/mol. The van der Waals surface area contributed by atoms with Gasteiger partial charge in [0.05, 0.1) is 12.8 Å². The van der Waals surface area contributed by atoms with Gasteiger partial charge in [-0.2, -0.15) is 0 Å². The number of rotatable bonds is 4. The zero-order chi connectivity index (χ0) is 13.7. The van der Waals surface area contributed by atoms with Gasteiger partial charge >= 0.3 is 6.03 Å². The van der Waals surface area contributed by atoms with Crippen LogP contribution in [0.1, 0.15) is 11.3 Å². The number of hydrogen-bond acceptors (Lipinski definition) is 3. The van der Waals surface area contributed by atoms with Crippen molar-refractivity contribution in [3.05, 3.63) is 54.0 Å². The van der Waals surface area contributed by atoms with Crippen molar-refractivity contribution in [1.82, 2.24) is 4.90 Å². The van der Waals surface area contributed by atoms with Crippen molar-refractivity contribution in [1.29, 1.82) is 0 Å². The lowest BCUT2D eigenvalue weighted by molar-refractivity contribution is 0.217. The fourth-order valence-electron chi connectivity index (χ4n) is 1.65. The smallest absolute Gasteiger partial charge is 0.321 e. The van der Waals surface area contributed by atoms with Crippen molar-refractivity contribution in [3.8, 4) is 0 Å². The quantitative estimate of drug-likeness (QED) is 0.885. The lowest BCUT2D eigenvalue weighted by atomic mass is 10.2. The van der Waals surface area contributed by atoms with E-state index in [1.165, 1.54) is 0 Å². The van der Waals surface area contributed by atoms with E-state index < -0.39 is 0 Å². The molecule has 0 unspecified atom stereocenters. The highest BCUT2D eigenvalue weighted by molar-refractivity contribution is 5.89. The van der Waals surface area contributed by atoms with Crippen LogP contribution in [0.25, 0.3) is 0 Å². The van der Waals surface area contributed by atoms with Crippen LogP contribution in [-0.2, 0) is 13.1 Å².